The fraction of sp³-hybridized carbons (Fsp3) is 0.625. The molecule has 0 amide bonds. The second kappa shape index (κ2) is 4.61. The summed E-state index contributed by atoms with van der Waals surface area (Å²) in [5.41, 5.74) is -0.415. The zero-order valence-corrected chi connectivity index (χ0v) is 8.15. The first kappa shape index (κ1) is 13.9. The van der Waals surface area contributed by atoms with E-state index < -0.39 is 30.4 Å². The minimum absolute atomic E-state index is 0.415. The molecule has 0 aliphatic rings. The van der Waals surface area contributed by atoms with E-state index in [9.17, 15) is 22.4 Å². The number of esters is 1. The highest BCUT2D eigenvalue weighted by atomic mass is 19.3. The number of hydrogen-bond donors (Lipinski definition) is 0. The summed E-state index contributed by atoms with van der Waals surface area (Å²) in [4.78, 5) is 10.6. The Kier molecular flexibility index (Phi) is 4.27. The van der Waals surface area contributed by atoms with Gasteiger partial charge in [-0.3, -0.25) is 0 Å². The number of hydrogen-bond acceptors (Lipinski definition) is 3. The van der Waals surface area contributed by atoms with Gasteiger partial charge in [-0.25, -0.2) is 4.79 Å². The lowest BCUT2D eigenvalue weighted by atomic mass is 10.4. The van der Waals surface area contributed by atoms with Crippen LogP contribution in [0.25, 0.3) is 0 Å². The van der Waals surface area contributed by atoms with Crippen LogP contribution in [0.1, 0.15) is 13.8 Å². The monoisotopic (exact) mass is 230 g/mol. The first-order chi connectivity index (χ1) is 6.64. The van der Waals surface area contributed by atoms with Crippen LogP contribution >= 0.6 is 0 Å². The highest BCUT2D eigenvalue weighted by Gasteiger charge is 2.62. The van der Waals surface area contributed by atoms with Gasteiger partial charge >= 0.3 is 18.2 Å². The Morgan fingerprint density at radius 3 is 2.07 bits per heavy atom. The fourth-order valence-electron chi connectivity index (χ4n) is 0.528. The standard InChI is InChI=1S/C8H10F4O3/c1-4-14-7(9,10)8(11,12)15-6(13)5(2)3/h2,4H2,1,3H3. The third-order valence-electron chi connectivity index (χ3n) is 1.23. The van der Waals surface area contributed by atoms with E-state index >= 15 is 0 Å². The molecule has 0 aromatic heterocycles. The molecule has 0 fully saturated rings. The number of alkyl halides is 4. The zero-order valence-electron chi connectivity index (χ0n) is 8.15. The lowest BCUT2D eigenvalue weighted by Crippen LogP contribution is -2.46. The Hall–Kier alpha value is -1.11. The van der Waals surface area contributed by atoms with Crippen LogP contribution in [0.15, 0.2) is 12.2 Å². The molecule has 15 heavy (non-hydrogen) atoms. The van der Waals surface area contributed by atoms with Crippen LogP contribution in [0, 0.1) is 0 Å². The van der Waals surface area contributed by atoms with E-state index in [-0.39, 0.29) is 0 Å². The molecule has 0 saturated heterocycles. The molecule has 0 spiro atoms. The molecule has 0 rings (SSSR count). The molecule has 0 aromatic rings. The van der Waals surface area contributed by atoms with E-state index in [4.69, 9.17) is 0 Å². The molecule has 0 aliphatic heterocycles. The predicted molar refractivity (Wildman–Crippen MR) is 42.4 cm³/mol. The minimum atomic E-state index is -5.01. The predicted octanol–water partition coefficient (Wildman–Crippen LogP) is 2.33. The Labute approximate surface area is 83.7 Å². The van der Waals surface area contributed by atoms with Crippen molar-refractivity contribution in [1.29, 1.82) is 0 Å². The van der Waals surface area contributed by atoms with Crippen molar-refractivity contribution in [2.45, 2.75) is 26.1 Å². The van der Waals surface area contributed by atoms with Crippen molar-refractivity contribution in [2.24, 2.45) is 0 Å². The molecule has 0 atom stereocenters. The van der Waals surface area contributed by atoms with Gasteiger partial charge in [0.05, 0.1) is 6.61 Å². The SMILES string of the molecule is C=C(C)C(=O)OC(F)(F)C(F)(F)OCC. The van der Waals surface area contributed by atoms with E-state index in [0.717, 1.165) is 13.8 Å². The molecule has 3 nitrogen and oxygen atoms in total. The van der Waals surface area contributed by atoms with Crippen LogP contribution in [0.4, 0.5) is 17.6 Å². The second-order valence-electron chi connectivity index (χ2n) is 2.64. The van der Waals surface area contributed by atoms with Gasteiger partial charge in [-0.15, -0.1) is 0 Å². The summed E-state index contributed by atoms with van der Waals surface area (Å²) >= 11 is 0. The van der Waals surface area contributed by atoms with Gasteiger partial charge in [0.15, 0.2) is 0 Å². The molecule has 7 heteroatoms. The summed E-state index contributed by atoms with van der Waals surface area (Å²) in [6.07, 6.45) is -9.87. The summed E-state index contributed by atoms with van der Waals surface area (Å²) in [5.74, 6) is -1.61. The maximum Gasteiger partial charge on any atom is 0.496 e. The van der Waals surface area contributed by atoms with E-state index in [0.29, 0.717) is 0 Å². The molecule has 0 heterocycles. The Bertz CT molecular complexity index is 263. The largest absolute Gasteiger partial charge is 0.496 e. The Balaban J connectivity index is 4.67. The zero-order chi connectivity index (χ0) is 12.3. The van der Waals surface area contributed by atoms with Crippen molar-refractivity contribution in [3.05, 3.63) is 12.2 Å². The van der Waals surface area contributed by atoms with Crippen LogP contribution in [0.5, 0.6) is 0 Å². The van der Waals surface area contributed by atoms with Gasteiger partial charge in [-0.1, -0.05) is 6.58 Å². The van der Waals surface area contributed by atoms with Gasteiger partial charge in [0.2, 0.25) is 0 Å². The van der Waals surface area contributed by atoms with Gasteiger partial charge in [0, 0.05) is 5.57 Å². The van der Waals surface area contributed by atoms with E-state index in [1.165, 1.54) is 0 Å². The number of ether oxygens (including phenoxy) is 2. The van der Waals surface area contributed by atoms with Crippen LogP contribution in [0.3, 0.4) is 0 Å². The maximum atomic E-state index is 12.6. The van der Waals surface area contributed by atoms with Crippen molar-refractivity contribution < 1.29 is 31.8 Å². The smallest absolute Gasteiger partial charge is 0.391 e. The topological polar surface area (TPSA) is 35.5 Å². The molecule has 0 bridgehead atoms. The van der Waals surface area contributed by atoms with E-state index in [2.05, 4.69) is 16.1 Å². The normalized spacial score (nSPS) is 12.4. The molecule has 0 radical (unpaired) electrons. The van der Waals surface area contributed by atoms with Gasteiger partial charge in [-0.2, -0.15) is 17.6 Å². The lowest BCUT2D eigenvalue weighted by molar-refractivity contribution is -0.416. The maximum absolute atomic E-state index is 12.6. The third kappa shape index (κ3) is 3.50. The van der Waals surface area contributed by atoms with Gasteiger partial charge in [0.25, 0.3) is 0 Å². The van der Waals surface area contributed by atoms with Crippen molar-refractivity contribution in [3.8, 4) is 0 Å². The molecule has 0 aliphatic carbocycles. The number of halogens is 4. The summed E-state index contributed by atoms with van der Waals surface area (Å²) < 4.78 is 57.1. The van der Waals surface area contributed by atoms with E-state index in [1.54, 1.807) is 0 Å². The van der Waals surface area contributed by atoms with Crippen LogP contribution in [0.2, 0.25) is 0 Å². The summed E-state index contributed by atoms with van der Waals surface area (Å²) in [5, 5.41) is 0. The fourth-order valence-corrected chi connectivity index (χ4v) is 0.528. The van der Waals surface area contributed by atoms with Gasteiger partial charge < -0.3 is 9.47 Å². The lowest BCUT2D eigenvalue weighted by Gasteiger charge is -2.24. The molecule has 0 saturated carbocycles. The Morgan fingerprint density at radius 1 is 1.27 bits per heavy atom. The number of carbonyl (C=O) groups is 1. The average molecular weight is 230 g/mol. The quantitative estimate of drug-likeness (QED) is 0.413. The summed E-state index contributed by atoms with van der Waals surface area (Å²) in [7, 11) is 0. The van der Waals surface area contributed by atoms with Gasteiger partial charge in [0.1, 0.15) is 0 Å². The molecular weight excluding hydrogens is 220 g/mol. The van der Waals surface area contributed by atoms with Crippen molar-refractivity contribution in [3.63, 3.8) is 0 Å². The summed E-state index contributed by atoms with van der Waals surface area (Å²) in [6.45, 7) is 4.48. The average Bonchev–Trinajstić information content (AvgIpc) is 2.02. The molecule has 0 aromatic carbocycles. The van der Waals surface area contributed by atoms with Crippen LogP contribution in [-0.4, -0.2) is 24.8 Å². The number of carbonyl (C=O) groups excluding carboxylic acids is 1. The Morgan fingerprint density at radius 2 is 1.73 bits per heavy atom. The highest BCUT2D eigenvalue weighted by Crippen LogP contribution is 2.36. The minimum Gasteiger partial charge on any atom is -0.391 e. The van der Waals surface area contributed by atoms with Crippen molar-refractivity contribution >= 4 is 5.97 Å². The second-order valence-corrected chi connectivity index (χ2v) is 2.64. The molecule has 0 unspecified atom stereocenters. The molecule has 88 valence electrons. The number of rotatable bonds is 5. The van der Waals surface area contributed by atoms with E-state index in [1.807, 2.05) is 0 Å². The van der Waals surface area contributed by atoms with Gasteiger partial charge in [-0.05, 0) is 13.8 Å². The summed E-state index contributed by atoms with van der Waals surface area (Å²) in [6, 6.07) is 0. The van der Waals surface area contributed by atoms with Crippen LogP contribution in [-0.2, 0) is 14.3 Å². The van der Waals surface area contributed by atoms with Crippen molar-refractivity contribution in [2.75, 3.05) is 6.61 Å². The first-order valence-corrected chi connectivity index (χ1v) is 3.92. The highest BCUT2D eigenvalue weighted by molar-refractivity contribution is 5.87. The van der Waals surface area contributed by atoms with Crippen LogP contribution < -0.4 is 0 Å². The third-order valence-corrected chi connectivity index (χ3v) is 1.23. The first-order valence-electron chi connectivity index (χ1n) is 3.92. The molecule has 0 N–H and O–H groups in total. The van der Waals surface area contributed by atoms with Crippen molar-refractivity contribution in [1.82, 2.24) is 0 Å². The molecular formula is C8H10F4O3.